The first-order chi connectivity index (χ1) is 30.0. The molecule has 0 fully saturated rings. The average molecular weight is 780 g/mol. The highest BCUT2D eigenvalue weighted by atomic mass is 16.3. The summed E-state index contributed by atoms with van der Waals surface area (Å²) in [5.74, 6) is 0. The molecule has 61 heavy (non-hydrogen) atoms. The van der Waals surface area contributed by atoms with Gasteiger partial charge in [-0.05, 0) is 109 Å². The van der Waals surface area contributed by atoms with Crippen LogP contribution >= 0.6 is 0 Å². The molecule has 1 aliphatic rings. The summed E-state index contributed by atoms with van der Waals surface area (Å²) in [6.07, 6.45) is 0. The molecule has 0 N–H and O–H groups in total. The summed E-state index contributed by atoms with van der Waals surface area (Å²) in [7, 11) is 0. The minimum absolute atomic E-state index is 0.158. The number of rotatable bonds is 6. The molecule has 1 aliphatic carbocycles. The molecular weight excluding hydrogens is 739 g/mol. The van der Waals surface area contributed by atoms with Crippen LogP contribution in [0.5, 0.6) is 0 Å². The van der Waals surface area contributed by atoms with Crippen LogP contribution in [0, 0.1) is 0 Å². The van der Waals surface area contributed by atoms with Gasteiger partial charge in [0.05, 0.1) is 5.69 Å². The van der Waals surface area contributed by atoms with Gasteiger partial charge in [0.2, 0.25) is 0 Å². The normalized spacial score (nSPS) is 12.9. The fourth-order valence-electron chi connectivity index (χ4n) is 10.1. The summed E-state index contributed by atoms with van der Waals surface area (Å²) < 4.78 is 6.51. The van der Waals surface area contributed by atoms with Gasteiger partial charge >= 0.3 is 0 Å². The van der Waals surface area contributed by atoms with E-state index in [-0.39, 0.29) is 5.41 Å². The minimum atomic E-state index is -0.158. The number of hydrogen-bond donors (Lipinski definition) is 0. The van der Waals surface area contributed by atoms with Crippen LogP contribution in [0.4, 0.5) is 17.1 Å². The maximum absolute atomic E-state index is 6.51. The molecule has 0 saturated carbocycles. The summed E-state index contributed by atoms with van der Waals surface area (Å²) in [4.78, 5) is 2.48. The highest BCUT2D eigenvalue weighted by Crippen LogP contribution is 2.52. The van der Waals surface area contributed by atoms with Crippen LogP contribution in [-0.2, 0) is 5.41 Å². The zero-order chi connectivity index (χ0) is 40.7. The van der Waals surface area contributed by atoms with Crippen molar-refractivity contribution in [3.05, 3.63) is 223 Å². The third kappa shape index (κ3) is 5.56. The lowest BCUT2D eigenvalue weighted by Gasteiger charge is -2.31. The van der Waals surface area contributed by atoms with Gasteiger partial charge < -0.3 is 9.32 Å². The summed E-state index contributed by atoms with van der Waals surface area (Å²) in [5.41, 5.74) is 17.2. The van der Waals surface area contributed by atoms with Crippen LogP contribution in [0.1, 0.15) is 25.0 Å². The van der Waals surface area contributed by atoms with E-state index >= 15 is 0 Å². The van der Waals surface area contributed by atoms with Crippen LogP contribution in [-0.4, -0.2) is 0 Å². The molecule has 0 saturated heterocycles. The van der Waals surface area contributed by atoms with Crippen molar-refractivity contribution in [1.29, 1.82) is 0 Å². The van der Waals surface area contributed by atoms with Gasteiger partial charge in [0, 0.05) is 38.7 Å². The smallest absolute Gasteiger partial charge is 0.143 e. The third-order valence-corrected chi connectivity index (χ3v) is 13.1. The Kier molecular flexibility index (Phi) is 7.92. The number of benzene rings is 10. The maximum atomic E-state index is 6.51. The molecular formula is C59H41NO. The van der Waals surface area contributed by atoms with E-state index in [2.05, 4.69) is 225 Å². The Morgan fingerprint density at radius 2 is 0.984 bits per heavy atom. The molecule has 288 valence electrons. The molecule has 1 aromatic heterocycles. The predicted molar refractivity (Wildman–Crippen MR) is 257 cm³/mol. The second-order valence-electron chi connectivity index (χ2n) is 16.9. The summed E-state index contributed by atoms with van der Waals surface area (Å²) >= 11 is 0. The molecule has 0 bridgehead atoms. The van der Waals surface area contributed by atoms with E-state index in [4.69, 9.17) is 4.42 Å². The van der Waals surface area contributed by atoms with Gasteiger partial charge in [0.25, 0.3) is 0 Å². The standard InChI is InChI=1S/C59H41NO/c1-59(2)53-25-9-7-19-48(53)49-35-34-44(37-54(49)59)60(43-32-30-40(31-33-43)46-21-12-24-52-50-20-8-10-27-56(50)61-58(46)52)55-26-13-23-51(47-22-11-17-39-15-5-6-18-45(39)47)57(55)42-29-28-38-14-3-4-16-41(38)36-42/h3-37H,1-2H3. The number of nitrogens with zero attached hydrogens (tertiary/aromatic N) is 1. The largest absolute Gasteiger partial charge is 0.455 e. The zero-order valence-corrected chi connectivity index (χ0v) is 34.1. The number of para-hydroxylation sites is 2. The van der Waals surface area contributed by atoms with Gasteiger partial charge in [0.15, 0.2) is 0 Å². The molecule has 0 atom stereocenters. The first kappa shape index (κ1) is 35.3. The SMILES string of the molecule is CC1(C)c2ccccc2-c2ccc(N(c3ccc(-c4cccc5c4oc4ccccc45)cc3)c3cccc(-c4cccc5ccccc45)c3-c3ccc4ccccc4c3)cc21. The Balaban J connectivity index is 1.11. The second kappa shape index (κ2) is 13.7. The number of fused-ring (bicyclic) bond motifs is 8. The molecule has 2 nitrogen and oxygen atoms in total. The van der Waals surface area contributed by atoms with Crippen molar-refractivity contribution in [2.75, 3.05) is 4.90 Å². The van der Waals surface area contributed by atoms with E-state index in [1.807, 2.05) is 6.07 Å². The number of hydrogen-bond acceptors (Lipinski definition) is 2. The van der Waals surface area contributed by atoms with E-state index in [9.17, 15) is 0 Å². The minimum Gasteiger partial charge on any atom is -0.455 e. The fourth-order valence-corrected chi connectivity index (χ4v) is 10.1. The van der Waals surface area contributed by atoms with Crippen molar-refractivity contribution in [2.24, 2.45) is 0 Å². The van der Waals surface area contributed by atoms with Crippen molar-refractivity contribution < 1.29 is 4.42 Å². The van der Waals surface area contributed by atoms with Crippen molar-refractivity contribution in [3.63, 3.8) is 0 Å². The molecule has 12 rings (SSSR count). The first-order valence-electron chi connectivity index (χ1n) is 21.2. The average Bonchev–Trinajstić information content (AvgIpc) is 3.81. The van der Waals surface area contributed by atoms with Crippen LogP contribution in [0.15, 0.2) is 217 Å². The number of furan rings is 1. The summed E-state index contributed by atoms with van der Waals surface area (Å²) in [5, 5.41) is 7.16. The van der Waals surface area contributed by atoms with E-state index in [0.717, 1.165) is 50.1 Å². The van der Waals surface area contributed by atoms with E-state index in [1.54, 1.807) is 0 Å². The monoisotopic (exact) mass is 779 g/mol. The summed E-state index contributed by atoms with van der Waals surface area (Å²) in [6.45, 7) is 4.72. The van der Waals surface area contributed by atoms with Crippen LogP contribution in [0.25, 0.3) is 88.0 Å². The first-order valence-corrected chi connectivity index (χ1v) is 21.2. The van der Waals surface area contributed by atoms with Crippen molar-refractivity contribution in [1.82, 2.24) is 0 Å². The molecule has 0 radical (unpaired) electrons. The third-order valence-electron chi connectivity index (χ3n) is 13.1. The Hall–Kier alpha value is -7.68. The Morgan fingerprint density at radius 3 is 1.87 bits per heavy atom. The van der Waals surface area contributed by atoms with Crippen LogP contribution in [0.2, 0.25) is 0 Å². The molecule has 0 unspecified atom stereocenters. The predicted octanol–water partition coefficient (Wildman–Crippen LogP) is 16.7. The Labute approximate surface area is 355 Å². The molecule has 0 aliphatic heterocycles. The van der Waals surface area contributed by atoms with E-state index < -0.39 is 0 Å². The summed E-state index contributed by atoms with van der Waals surface area (Å²) in [6, 6.07) is 77.6. The lowest BCUT2D eigenvalue weighted by atomic mass is 9.82. The number of anilines is 3. The zero-order valence-electron chi connectivity index (χ0n) is 34.1. The van der Waals surface area contributed by atoms with Crippen molar-refractivity contribution in [2.45, 2.75) is 19.3 Å². The quantitative estimate of drug-likeness (QED) is 0.167. The van der Waals surface area contributed by atoms with Crippen LogP contribution in [0.3, 0.4) is 0 Å². The molecule has 11 aromatic rings. The highest BCUT2D eigenvalue weighted by Gasteiger charge is 2.36. The molecule has 0 amide bonds. The molecule has 2 heteroatoms. The van der Waals surface area contributed by atoms with Crippen LogP contribution < -0.4 is 4.90 Å². The van der Waals surface area contributed by atoms with Gasteiger partial charge in [-0.1, -0.05) is 184 Å². The molecule has 0 spiro atoms. The lowest BCUT2D eigenvalue weighted by Crippen LogP contribution is -2.17. The maximum Gasteiger partial charge on any atom is 0.143 e. The van der Waals surface area contributed by atoms with E-state index in [0.29, 0.717) is 0 Å². The van der Waals surface area contributed by atoms with Gasteiger partial charge in [-0.15, -0.1) is 0 Å². The molecule has 1 heterocycles. The Morgan fingerprint density at radius 1 is 0.377 bits per heavy atom. The van der Waals surface area contributed by atoms with Crippen molar-refractivity contribution >= 4 is 60.5 Å². The Bertz CT molecular complexity index is 3510. The van der Waals surface area contributed by atoms with Gasteiger partial charge in [-0.2, -0.15) is 0 Å². The van der Waals surface area contributed by atoms with E-state index in [1.165, 1.54) is 66.1 Å². The highest BCUT2D eigenvalue weighted by molar-refractivity contribution is 6.10. The van der Waals surface area contributed by atoms with Gasteiger partial charge in [-0.25, -0.2) is 0 Å². The van der Waals surface area contributed by atoms with Gasteiger partial charge in [0.1, 0.15) is 11.2 Å². The second-order valence-corrected chi connectivity index (χ2v) is 16.9. The topological polar surface area (TPSA) is 16.4 Å². The lowest BCUT2D eigenvalue weighted by molar-refractivity contribution is 0.660. The van der Waals surface area contributed by atoms with Crippen molar-refractivity contribution in [3.8, 4) is 44.5 Å². The molecule has 10 aromatic carbocycles. The fraction of sp³-hybridized carbons (Fsp3) is 0.0508. The van der Waals surface area contributed by atoms with Gasteiger partial charge in [-0.3, -0.25) is 0 Å².